The van der Waals surface area contributed by atoms with Crippen LogP contribution in [0.15, 0.2) is 0 Å². The van der Waals surface area contributed by atoms with Crippen molar-refractivity contribution in [2.45, 2.75) is 97.4 Å². The fourth-order valence-electron chi connectivity index (χ4n) is 11.3. The average molecular weight is 602 g/mol. The van der Waals surface area contributed by atoms with Crippen molar-refractivity contribution in [1.29, 1.82) is 0 Å². The fourth-order valence-corrected chi connectivity index (χ4v) is 16.8. The summed E-state index contributed by atoms with van der Waals surface area (Å²) in [6, 6.07) is 0. The molecule has 7 rings (SSSR count). The zero-order chi connectivity index (χ0) is 28.7. The van der Waals surface area contributed by atoms with Crippen molar-refractivity contribution in [2.75, 3.05) is 25.2 Å². The standard InChI is InChI=1S/C28H43NO9S2/c1-25(2)18-6-9-27(25,23-16(18)8-11-36-23)14-39(31,32)29-20(13-21(30)35-5)37-22-12-17-19-7-10-28(24(17)38-22,26(19,3)4)15-40(29,33)34/h16-20,22-24H,6-15H2,1-5H3/t16-,17+,18-,19+,20+,22-,23-,24+,27-,28+/m0/s1. The summed E-state index contributed by atoms with van der Waals surface area (Å²) >= 11 is 0. The van der Waals surface area contributed by atoms with Crippen LogP contribution in [-0.4, -0.2) is 76.5 Å². The average Bonchev–Trinajstić information content (AvgIpc) is 3.63. The van der Waals surface area contributed by atoms with Crippen LogP contribution >= 0.6 is 0 Å². The molecule has 1 spiro atoms. The molecule has 40 heavy (non-hydrogen) atoms. The van der Waals surface area contributed by atoms with Crippen LogP contribution in [0.25, 0.3) is 0 Å². The molecule has 0 amide bonds. The van der Waals surface area contributed by atoms with E-state index < -0.39 is 55.8 Å². The second-order valence-corrected chi connectivity index (χ2v) is 18.7. The monoisotopic (exact) mass is 601 g/mol. The van der Waals surface area contributed by atoms with Gasteiger partial charge in [-0.2, -0.15) is 0 Å². The number of esters is 1. The second kappa shape index (κ2) is 8.43. The molecule has 4 aliphatic carbocycles. The number of ether oxygens (including phenoxy) is 4. The van der Waals surface area contributed by atoms with Crippen LogP contribution in [0.4, 0.5) is 0 Å². The predicted molar refractivity (Wildman–Crippen MR) is 143 cm³/mol. The molecule has 0 unspecified atom stereocenters. The number of hydrogen-bond acceptors (Lipinski definition) is 9. The van der Waals surface area contributed by atoms with Crippen molar-refractivity contribution in [3.8, 4) is 0 Å². The van der Waals surface area contributed by atoms with Gasteiger partial charge in [0.2, 0.25) is 20.0 Å². The summed E-state index contributed by atoms with van der Waals surface area (Å²) in [5.74, 6) is -0.413. The smallest absolute Gasteiger partial charge is 0.309 e. The van der Waals surface area contributed by atoms with Crippen LogP contribution in [0, 0.1) is 45.3 Å². The van der Waals surface area contributed by atoms with Crippen molar-refractivity contribution in [3.63, 3.8) is 0 Å². The van der Waals surface area contributed by atoms with Crippen molar-refractivity contribution in [3.05, 3.63) is 0 Å². The largest absolute Gasteiger partial charge is 0.469 e. The molecule has 7 aliphatic rings. The Hall–Kier alpha value is -0.790. The highest BCUT2D eigenvalue weighted by Crippen LogP contribution is 2.73. The van der Waals surface area contributed by atoms with Crippen molar-refractivity contribution >= 4 is 26.0 Å². The molecule has 0 aromatic rings. The molecule has 0 N–H and O–H groups in total. The van der Waals surface area contributed by atoms with Gasteiger partial charge >= 0.3 is 5.97 Å². The van der Waals surface area contributed by atoms with Crippen LogP contribution in [0.5, 0.6) is 0 Å². The normalized spacial score (nSPS) is 49.4. The number of carbonyl (C=O) groups excluding carboxylic acids is 1. The van der Waals surface area contributed by atoms with Gasteiger partial charge < -0.3 is 18.9 Å². The Morgan fingerprint density at radius 2 is 1.68 bits per heavy atom. The van der Waals surface area contributed by atoms with Crippen molar-refractivity contribution < 1.29 is 40.6 Å². The van der Waals surface area contributed by atoms with E-state index in [0.29, 0.717) is 35.5 Å². The van der Waals surface area contributed by atoms with E-state index in [4.69, 9.17) is 18.9 Å². The molecule has 10 nitrogen and oxygen atoms in total. The first-order chi connectivity index (χ1) is 18.6. The van der Waals surface area contributed by atoms with Gasteiger partial charge in [0.05, 0.1) is 37.2 Å². The molecular weight excluding hydrogens is 558 g/mol. The lowest BCUT2D eigenvalue weighted by Crippen LogP contribution is -2.56. The molecule has 12 heteroatoms. The van der Waals surface area contributed by atoms with E-state index in [2.05, 4.69) is 27.7 Å². The molecule has 0 radical (unpaired) electrons. The van der Waals surface area contributed by atoms with Gasteiger partial charge in [0, 0.05) is 23.9 Å². The number of carbonyl (C=O) groups is 1. The third kappa shape index (κ3) is 3.32. The van der Waals surface area contributed by atoms with Gasteiger partial charge in [0.25, 0.3) is 0 Å². The minimum atomic E-state index is -4.50. The first-order valence-corrected chi connectivity index (χ1v) is 18.1. The number of fused-ring (bicyclic) bond motifs is 8. The van der Waals surface area contributed by atoms with Gasteiger partial charge in [-0.15, -0.1) is 0 Å². The Labute approximate surface area is 237 Å². The SMILES string of the molecule is COC(=O)C[C@H]1O[C@@H]2C[C@@H]3[C@H]4CC[C@@](CS(=O)(=O)N1S(=O)(=O)C[C@@]15CC[C@@H]([C@@H]6CCO[C@@H]61)C5(C)C)([C@@H]3O2)C4(C)C. The molecule has 7 fully saturated rings. The third-order valence-corrected chi connectivity index (χ3v) is 17.9. The summed E-state index contributed by atoms with van der Waals surface area (Å²) in [5.41, 5.74) is -2.12. The second-order valence-electron chi connectivity index (χ2n) is 14.8. The van der Waals surface area contributed by atoms with Crippen LogP contribution in [0.3, 0.4) is 0 Å². The Morgan fingerprint density at radius 1 is 0.975 bits per heavy atom. The molecule has 10 atom stereocenters. The van der Waals surface area contributed by atoms with Crippen LogP contribution in [0.1, 0.15) is 72.6 Å². The number of hydrogen-bond donors (Lipinski definition) is 0. The van der Waals surface area contributed by atoms with E-state index in [-0.39, 0.29) is 52.3 Å². The maximum Gasteiger partial charge on any atom is 0.309 e. The maximum atomic E-state index is 14.7. The van der Waals surface area contributed by atoms with Crippen molar-refractivity contribution in [2.24, 2.45) is 45.3 Å². The molecule has 226 valence electrons. The van der Waals surface area contributed by atoms with E-state index >= 15 is 0 Å². The Bertz CT molecular complexity index is 1330. The van der Waals surface area contributed by atoms with Gasteiger partial charge in [-0.3, -0.25) is 4.79 Å². The number of sulfonamides is 2. The Morgan fingerprint density at radius 3 is 2.40 bits per heavy atom. The van der Waals surface area contributed by atoms with E-state index in [9.17, 15) is 21.6 Å². The van der Waals surface area contributed by atoms with Gasteiger partial charge in [0.15, 0.2) is 12.5 Å². The van der Waals surface area contributed by atoms with E-state index in [0.717, 1.165) is 19.3 Å². The van der Waals surface area contributed by atoms with Gasteiger partial charge in [0.1, 0.15) is 0 Å². The molecule has 3 heterocycles. The summed E-state index contributed by atoms with van der Waals surface area (Å²) < 4.78 is 82.7. The van der Waals surface area contributed by atoms with Crippen LogP contribution < -0.4 is 0 Å². The number of rotatable bonds is 5. The van der Waals surface area contributed by atoms with Crippen molar-refractivity contribution in [1.82, 2.24) is 3.71 Å². The molecule has 0 aromatic carbocycles. The summed E-state index contributed by atoms with van der Waals surface area (Å²) in [6.45, 7) is 9.04. The molecule has 6 bridgehead atoms. The molecule has 4 saturated carbocycles. The molecule has 3 saturated heterocycles. The summed E-state index contributed by atoms with van der Waals surface area (Å²) in [5, 5.41) is 0. The third-order valence-electron chi connectivity index (χ3n) is 13.2. The number of methoxy groups -OCH3 is 1. The predicted octanol–water partition coefficient (Wildman–Crippen LogP) is 2.88. The zero-order valence-corrected chi connectivity index (χ0v) is 25.8. The minimum Gasteiger partial charge on any atom is -0.469 e. The lowest BCUT2D eigenvalue weighted by atomic mass is 9.69. The van der Waals surface area contributed by atoms with Gasteiger partial charge in [-0.25, -0.2) is 16.8 Å². The molecular formula is C28H43NO9S2. The molecule has 0 aromatic heterocycles. The topological polar surface area (TPSA) is 126 Å². The lowest BCUT2D eigenvalue weighted by molar-refractivity contribution is -0.197. The molecule has 3 aliphatic heterocycles. The zero-order valence-electron chi connectivity index (χ0n) is 24.1. The fraction of sp³-hybridized carbons (Fsp3) is 0.964. The minimum absolute atomic E-state index is 0.149. The first-order valence-electron chi connectivity index (χ1n) is 14.9. The van der Waals surface area contributed by atoms with Crippen LogP contribution in [-0.2, 0) is 43.8 Å². The van der Waals surface area contributed by atoms with E-state index in [1.165, 1.54) is 7.11 Å². The highest BCUT2D eigenvalue weighted by Gasteiger charge is 2.75. The summed E-state index contributed by atoms with van der Waals surface area (Å²) in [7, 11) is -7.77. The van der Waals surface area contributed by atoms with Gasteiger partial charge in [-0.1, -0.05) is 31.4 Å². The lowest BCUT2D eigenvalue weighted by Gasteiger charge is -2.44. The maximum absolute atomic E-state index is 14.7. The highest BCUT2D eigenvalue weighted by molar-refractivity contribution is 8.04. The van der Waals surface area contributed by atoms with Gasteiger partial charge in [-0.05, 0) is 66.6 Å². The summed E-state index contributed by atoms with van der Waals surface area (Å²) in [4.78, 5) is 12.6. The Balaban J connectivity index is 1.33. The number of nitrogens with zero attached hydrogens (tertiary/aromatic N) is 1. The summed E-state index contributed by atoms with van der Waals surface area (Å²) in [6.07, 6.45) is 1.13. The highest BCUT2D eigenvalue weighted by atomic mass is 32.3. The first kappa shape index (κ1) is 28.0. The van der Waals surface area contributed by atoms with Crippen LogP contribution in [0.2, 0.25) is 0 Å². The quantitative estimate of drug-likeness (QED) is 0.437. The van der Waals surface area contributed by atoms with E-state index in [1.54, 1.807) is 0 Å². The van der Waals surface area contributed by atoms with E-state index in [1.807, 2.05) is 0 Å². The Kier molecular flexibility index (Phi) is 5.90.